The minimum atomic E-state index is 0. The van der Waals surface area contributed by atoms with Crippen molar-refractivity contribution in [3.05, 3.63) is 59.7 Å². The number of nitrogens with zero attached hydrogens (tertiary/aromatic N) is 2. The molecule has 27 heavy (non-hydrogen) atoms. The van der Waals surface area contributed by atoms with Gasteiger partial charge >= 0.3 is 0 Å². The Kier molecular flexibility index (Phi) is 15.0. The molecular weight excluding hydrogens is 390 g/mol. The van der Waals surface area contributed by atoms with Crippen LogP contribution in [-0.4, -0.2) is 35.7 Å². The van der Waals surface area contributed by atoms with Gasteiger partial charge in [-0.05, 0) is 37.1 Å². The zero-order chi connectivity index (χ0) is 19.0. The molecule has 0 spiro atoms. The molecule has 2 aromatic carbocycles. The number of aliphatic imine (C=N–C) groups is 2. The van der Waals surface area contributed by atoms with Crippen LogP contribution in [0.2, 0.25) is 0 Å². The number of rotatable bonds is 8. The van der Waals surface area contributed by atoms with Crippen LogP contribution >= 0.6 is 0 Å². The maximum absolute atomic E-state index is 9.38. The number of hydrogen-bond acceptors (Lipinski definition) is 4. The summed E-state index contributed by atoms with van der Waals surface area (Å²) >= 11 is 0. The molecule has 5 heteroatoms. The molecule has 0 fully saturated rings. The zero-order valence-corrected chi connectivity index (χ0v) is 19.5. The fraction of sp³-hybridized carbons (Fsp3) is 0.364. The van der Waals surface area contributed by atoms with Gasteiger partial charge in [0.05, 0.1) is 0 Å². The third-order valence-corrected chi connectivity index (χ3v) is 3.62. The van der Waals surface area contributed by atoms with Crippen molar-refractivity contribution in [1.82, 2.24) is 0 Å². The third kappa shape index (κ3) is 11.3. The predicted molar refractivity (Wildman–Crippen MR) is 111 cm³/mol. The number of aromatic hydroxyl groups is 2. The molecule has 0 aliphatic heterocycles. The predicted octanol–water partition coefficient (Wildman–Crippen LogP) is 5.22. The van der Waals surface area contributed by atoms with Crippen LogP contribution < -0.4 is 0 Å². The number of phenolic OH excluding ortho intramolecular Hbond substituents is 2. The van der Waals surface area contributed by atoms with Crippen molar-refractivity contribution in [2.45, 2.75) is 39.5 Å². The summed E-state index contributed by atoms with van der Waals surface area (Å²) in [4.78, 5) is 8.41. The SMILES string of the molecule is CCCCN=Cc1ccccc1O.CCCCN=Cc1ccccc1O.[Zn]. The molecule has 142 valence electrons. The normalized spacial score (nSPS) is 10.4. The van der Waals surface area contributed by atoms with Crippen LogP contribution in [0.25, 0.3) is 0 Å². The molecular formula is C22H30N2O2Zn. The molecule has 4 nitrogen and oxygen atoms in total. The van der Waals surface area contributed by atoms with E-state index < -0.39 is 0 Å². The monoisotopic (exact) mass is 418 g/mol. The van der Waals surface area contributed by atoms with E-state index in [0.717, 1.165) is 49.9 Å². The first-order chi connectivity index (χ1) is 12.7. The van der Waals surface area contributed by atoms with Crippen molar-refractivity contribution in [3.8, 4) is 11.5 Å². The summed E-state index contributed by atoms with van der Waals surface area (Å²) in [7, 11) is 0. The molecule has 0 bridgehead atoms. The van der Waals surface area contributed by atoms with Crippen LogP contribution in [-0.2, 0) is 19.5 Å². The summed E-state index contributed by atoms with van der Waals surface area (Å²) in [5.74, 6) is 0.588. The number of unbranched alkanes of at least 4 members (excludes halogenated alkanes) is 2. The first kappa shape index (κ1) is 25.0. The van der Waals surface area contributed by atoms with E-state index in [1.54, 1.807) is 36.7 Å². The van der Waals surface area contributed by atoms with E-state index in [9.17, 15) is 10.2 Å². The molecule has 2 aromatic rings. The first-order valence-electron chi connectivity index (χ1n) is 9.24. The van der Waals surface area contributed by atoms with Crippen molar-refractivity contribution < 1.29 is 29.7 Å². The smallest absolute Gasteiger partial charge is 0.124 e. The molecule has 0 amide bonds. The molecule has 0 aromatic heterocycles. The van der Waals surface area contributed by atoms with Crippen molar-refractivity contribution in [2.75, 3.05) is 13.1 Å². The number of phenols is 2. The Balaban J connectivity index is 0.000000483. The molecule has 0 radical (unpaired) electrons. The van der Waals surface area contributed by atoms with Crippen molar-refractivity contribution >= 4 is 12.4 Å². The fourth-order valence-electron chi connectivity index (χ4n) is 2.02. The van der Waals surface area contributed by atoms with Crippen molar-refractivity contribution in [2.24, 2.45) is 9.98 Å². The van der Waals surface area contributed by atoms with Crippen LogP contribution in [0.3, 0.4) is 0 Å². The Morgan fingerprint density at radius 2 is 1.07 bits per heavy atom. The number of para-hydroxylation sites is 2. The van der Waals surface area contributed by atoms with Gasteiger partial charge in [0, 0.05) is 56.1 Å². The van der Waals surface area contributed by atoms with E-state index in [2.05, 4.69) is 23.8 Å². The van der Waals surface area contributed by atoms with Gasteiger partial charge in [0.15, 0.2) is 0 Å². The Hall–Kier alpha value is -2.00. The summed E-state index contributed by atoms with van der Waals surface area (Å²) in [5.41, 5.74) is 1.58. The van der Waals surface area contributed by atoms with Gasteiger partial charge in [0.25, 0.3) is 0 Å². The molecule has 0 saturated carbocycles. The van der Waals surface area contributed by atoms with E-state index in [1.807, 2.05) is 24.3 Å². The van der Waals surface area contributed by atoms with Crippen LogP contribution in [0.4, 0.5) is 0 Å². The molecule has 0 aliphatic rings. The van der Waals surface area contributed by atoms with E-state index in [1.165, 1.54) is 0 Å². The molecule has 2 N–H and O–H groups in total. The minimum Gasteiger partial charge on any atom is -0.507 e. The average Bonchev–Trinajstić information content (AvgIpc) is 2.66. The standard InChI is InChI=1S/2C11H15NO.Zn/c2*1-2-3-8-12-9-10-6-4-5-7-11(10)13;/h2*4-7,9,13H,2-3,8H2,1H3;. The van der Waals surface area contributed by atoms with E-state index in [0.29, 0.717) is 11.5 Å². The average molecular weight is 420 g/mol. The third-order valence-electron chi connectivity index (χ3n) is 3.62. The quantitative estimate of drug-likeness (QED) is 0.350. The zero-order valence-electron chi connectivity index (χ0n) is 16.5. The van der Waals surface area contributed by atoms with Gasteiger partial charge in [-0.25, -0.2) is 0 Å². The topological polar surface area (TPSA) is 65.2 Å². The summed E-state index contributed by atoms with van der Waals surface area (Å²) in [6.07, 6.45) is 7.96. The Bertz CT molecular complexity index is 628. The molecule has 0 aliphatic carbocycles. The summed E-state index contributed by atoms with van der Waals surface area (Å²) in [5, 5.41) is 18.8. The number of benzene rings is 2. The fourth-order valence-corrected chi connectivity index (χ4v) is 2.02. The molecule has 2 rings (SSSR count). The van der Waals surface area contributed by atoms with Gasteiger partial charge in [-0.15, -0.1) is 0 Å². The van der Waals surface area contributed by atoms with Gasteiger partial charge in [-0.3, -0.25) is 9.98 Å². The summed E-state index contributed by atoms with van der Waals surface area (Å²) in [6, 6.07) is 14.4. The Labute approximate surface area is 175 Å². The van der Waals surface area contributed by atoms with Gasteiger partial charge < -0.3 is 10.2 Å². The number of hydrogen-bond donors (Lipinski definition) is 2. The van der Waals surface area contributed by atoms with E-state index in [-0.39, 0.29) is 19.5 Å². The van der Waals surface area contributed by atoms with Crippen LogP contribution in [0.5, 0.6) is 11.5 Å². The van der Waals surface area contributed by atoms with E-state index in [4.69, 9.17) is 0 Å². The second-order valence-corrected chi connectivity index (χ2v) is 5.90. The maximum atomic E-state index is 9.38. The first-order valence-corrected chi connectivity index (χ1v) is 9.24. The van der Waals surface area contributed by atoms with Gasteiger partial charge in [0.2, 0.25) is 0 Å². The largest absolute Gasteiger partial charge is 0.507 e. The molecule has 0 unspecified atom stereocenters. The van der Waals surface area contributed by atoms with Crippen molar-refractivity contribution in [1.29, 1.82) is 0 Å². The second kappa shape index (κ2) is 16.2. The Morgan fingerprint density at radius 3 is 1.41 bits per heavy atom. The summed E-state index contributed by atoms with van der Waals surface area (Å²) in [6.45, 7) is 5.95. The second-order valence-electron chi connectivity index (χ2n) is 5.90. The minimum absolute atomic E-state index is 0. The molecule has 0 atom stereocenters. The van der Waals surface area contributed by atoms with Crippen LogP contribution in [0, 0.1) is 0 Å². The van der Waals surface area contributed by atoms with Gasteiger partial charge in [-0.1, -0.05) is 51.0 Å². The molecule has 0 saturated heterocycles. The maximum Gasteiger partial charge on any atom is 0.124 e. The Morgan fingerprint density at radius 1 is 0.704 bits per heavy atom. The van der Waals surface area contributed by atoms with Crippen LogP contribution in [0.1, 0.15) is 50.7 Å². The van der Waals surface area contributed by atoms with Crippen LogP contribution in [0.15, 0.2) is 58.5 Å². The van der Waals surface area contributed by atoms with E-state index >= 15 is 0 Å². The summed E-state index contributed by atoms with van der Waals surface area (Å²) < 4.78 is 0. The molecule has 0 heterocycles. The van der Waals surface area contributed by atoms with Gasteiger partial charge in [0.1, 0.15) is 11.5 Å². The van der Waals surface area contributed by atoms with Crippen molar-refractivity contribution in [3.63, 3.8) is 0 Å². The van der Waals surface area contributed by atoms with Gasteiger partial charge in [-0.2, -0.15) is 0 Å².